The van der Waals surface area contributed by atoms with Gasteiger partial charge in [-0.15, -0.1) is 0 Å². The van der Waals surface area contributed by atoms with Crippen LogP contribution in [0.5, 0.6) is 17.2 Å². The van der Waals surface area contributed by atoms with Crippen LogP contribution in [0.15, 0.2) is 36.4 Å². The van der Waals surface area contributed by atoms with Gasteiger partial charge in [0, 0.05) is 42.7 Å². The molecular weight excluding hydrogens is 456 g/mol. The molecule has 182 valence electrons. The third-order valence-electron chi connectivity index (χ3n) is 6.80. The number of carbonyl (C=O) groups excluding carboxylic acids is 2. The minimum atomic E-state index is -0.350. The standard InChI is InChI=1S/C26H31ClN2O5/c1-32-22-13-18(14-23(33-2)24(22)34-3)20-15-29(25(30)17-7-9-19(27)10-8-17)16-21(20)26(31)28-11-5-4-6-12-28/h7-10,13-14,20-21H,4-6,11-12,15-16H2,1-3H3/t20-,21-/m0/s1. The summed E-state index contributed by atoms with van der Waals surface area (Å²) in [5.41, 5.74) is 1.44. The minimum absolute atomic E-state index is 0.102. The largest absolute Gasteiger partial charge is 0.493 e. The maximum absolute atomic E-state index is 13.6. The Balaban J connectivity index is 1.69. The average Bonchev–Trinajstić information content (AvgIpc) is 3.33. The Labute approximate surface area is 205 Å². The number of methoxy groups -OCH3 is 3. The van der Waals surface area contributed by atoms with Crippen LogP contribution in [0.25, 0.3) is 0 Å². The minimum Gasteiger partial charge on any atom is -0.493 e. The zero-order valence-corrected chi connectivity index (χ0v) is 20.6. The number of nitrogens with zero attached hydrogens (tertiary/aromatic N) is 2. The van der Waals surface area contributed by atoms with Crippen molar-refractivity contribution in [2.75, 3.05) is 47.5 Å². The number of ether oxygens (including phenoxy) is 3. The highest BCUT2D eigenvalue weighted by Gasteiger charge is 2.43. The Morgan fingerprint density at radius 2 is 1.47 bits per heavy atom. The van der Waals surface area contributed by atoms with Crippen LogP contribution in [-0.4, -0.2) is 69.1 Å². The summed E-state index contributed by atoms with van der Waals surface area (Å²) in [5, 5.41) is 0.575. The SMILES string of the molecule is COc1cc([C@@H]2CN(C(=O)c3ccc(Cl)cc3)C[C@@H]2C(=O)N2CCCCC2)cc(OC)c1OC. The van der Waals surface area contributed by atoms with E-state index in [1.165, 1.54) is 0 Å². The lowest BCUT2D eigenvalue weighted by Crippen LogP contribution is -2.42. The molecule has 0 aromatic heterocycles. The molecule has 8 heteroatoms. The summed E-state index contributed by atoms with van der Waals surface area (Å²) in [5.74, 6) is 1.01. The molecule has 2 fully saturated rings. The van der Waals surface area contributed by atoms with E-state index in [9.17, 15) is 9.59 Å². The third-order valence-corrected chi connectivity index (χ3v) is 7.05. The molecule has 0 spiro atoms. The number of hydrogen-bond acceptors (Lipinski definition) is 5. The van der Waals surface area contributed by atoms with E-state index < -0.39 is 0 Å². The van der Waals surface area contributed by atoms with Gasteiger partial charge in [0.2, 0.25) is 11.7 Å². The second-order valence-corrected chi connectivity index (χ2v) is 9.21. The first-order valence-corrected chi connectivity index (χ1v) is 12.0. The van der Waals surface area contributed by atoms with Gasteiger partial charge in [-0.1, -0.05) is 11.6 Å². The number of likely N-dealkylation sites (tertiary alicyclic amines) is 2. The number of rotatable bonds is 6. The van der Waals surface area contributed by atoms with Crippen LogP contribution in [0.4, 0.5) is 0 Å². The fourth-order valence-corrected chi connectivity index (χ4v) is 5.12. The molecule has 0 radical (unpaired) electrons. The number of hydrogen-bond donors (Lipinski definition) is 0. The molecule has 2 aromatic carbocycles. The molecule has 7 nitrogen and oxygen atoms in total. The molecule has 0 unspecified atom stereocenters. The molecule has 2 atom stereocenters. The Kier molecular flexibility index (Phi) is 7.51. The highest BCUT2D eigenvalue weighted by molar-refractivity contribution is 6.30. The predicted octanol–water partition coefficient (Wildman–Crippen LogP) is 4.23. The van der Waals surface area contributed by atoms with E-state index in [-0.39, 0.29) is 23.7 Å². The van der Waals surface area contributed by atoms with Gasteiger partial charge in [0.25, 0.3) is 5.91 Å². The number of benzene rings is 2. The van der Waals surface area contributed by atoms with Crippen LogP contribution in [0, 0.1) is 5.92 Å². The lowest BCUT2D eigenvalue weighted by atomic mass is 9.87. The van der Waals surface area contributed by atoms with Crippen molar-refractivity contribution < 1.29 is 23.8 Å². The van der Waals surface area contributed by atoms with Gasteiger partial charge in [0.15, 0.2) is 11.5 Å². The number of carbonyl (C=O) groups is 2. The highest BCUT2D eigenvalue weighted by atomic mass is 35.5. The van der Waals surface area contributed by atoms with Crippen molar-refractivity contribution in [1.29, 1.82) is 0 Å². The first-order chi connectivity index (χ1) is 16.5. The molecule has 34 heavy (non-hydrogen) atoms. The first kappa shape index (κ1) is 24.2. The second kappa shape index (κ2) is 10.6. The van der Waals surface area contributed by atoms with Crippen molar-refractivity contribution in [2.45, 2.75) is 25.2 Å². The summed E-state index contributed by atoms with van der Waals surface area (Å²) in [7, 11) is 4.70. The fraction of sp³-hybridized carbons (Fsp3) is 0.462. The monoisotopic (exact) mass is 486 g/mol. The molecule has 0 saturated carbocycles. The second-order valence-electron chi connectivity index (χ2n) is 8.77. The summed E-state index contributed by atoms with van der Waals surface area (Å²) in [6.45, 7) is 2.31. The van der Waals surface area contributed by atoms with Gasteiger partial charge in [0.05, 0.1) is 27.2 Å². The first-order valence-electron chi connectivity index (χ1n) is 11.6. The van der Waals surface area contributed by atoms with Crippen LogP contribution in [0.1, 0.15) is 41.1 Å². The van der Waals surface area contributed by atoms with Crippen molar-refractivity contribution >= 4 is 23.4 Å². The molecule has 2 amide bonds. The molecule has 4 rings (SSSR count). The maximum Gasteiger partial charge on any atom is 0.253 e. The molecule has 2 aromatic rings. The molecule has 2 heterocycles. The van der Waals surface area contributed by atoms with E-state index in [1.54, 1.807) is 50.5 Å². The lowest BCUT2D eigenvalue weighted by Gasteiger charge is -2.31. The van der Waals surface area contributed by atoms with E-state index in [0.717, 1.165) is 37.9 Å². The van der Waals surface area contributed by atoms with E-state index in [1.807, 2.05) is 17.0 Å². The lowest BCUT2D eigenvalue weighted by molar-refractivity contribution is -0.136. The summed E-state index contributed by atoms with van der Waals surface area (Å²) in [6, 6.07) is 10.6. The van der Waals surface area contributed by atoms with Gasteiger partial charge in [-0.25, -0.2) is 0 Å². The number of piperidine rings is 1. The Morgan fingerprint density at radius 3 is 2.03 bits per heavy atom. The molecule has 2 aliphatic heterocycles. The molecule has 0 bridgehead atoms. The van der Waals surface area contributed by atoms with Gasteiger partial charge >= 0.3 is 0 Å². The summed E-state index contributed by atoms with van der Waals surface area (Å²) >= 11 is 6.00. The zero-order valence-electron chi connectivity index (χ0n) is 19.9. The average molecular weight is 487 g/mol. The molecule has 2 saturated heterocycles. The summed E-state index contributed by atoms with van der Waals surface area (Å²) in [6.07, 6.45) is 3.17. The molecule has 2 aliphatic rings. The normalized spacial score (nSPS) is 20.2. The zero-order chi connectivity index (χ0) is 24.2. The summed E-state index contributed by atoms with van der Waals surface area (Å²) in [4.78, 5) is 30.7. The van der Waals surface area contributed by atoms with Gasteiger partial charge in [-0.2, -0.15) is 0 Å². The Hall–Kier alpha value is -2.93. The maximum atomic E-state index is 13.6. The van der Waals surface area contributed by atoms with Gasteiger partial charge in [-0.05, 0) is 61.2 Å². The van der Waals surface area contributed by atoms with Crippen molar-refractivity contribution in [2.24, 2.45) is 5.92 Å². The molecule has 0 N–H and O–H groups in total. The van der Waals surface area contributed by atoms with Gasteiger partial charge in [-0.3, -0.25) is 9.59 Å². The van der Waals surface area contributed by atoms with Crippen LogP contribution in [0.2, 0.25) is 5.02 Å². The fourth-order valence-electron chi connectivity index (χ4n) is 5.00. The molecular formula is C26H31ClN2O5. The van der Waals surface area contributed by atoms with Crippen LogP contribution < -0.4 is 14.2 Å². The van der Waals surface area contributed by atoms with Crippen LogP contribution >= 0.6 is 11.6 Å². The Morgan fingerprint density at radius 1 is 0.853 bits per heavy atom. The van der Waals surface area contributed by atoms with E-state index in [0.29, 0.717) is 40.9 Å². The number of halogens is 1. The van der Waals surface area contributed by atoms with Crippen molar-refractivity contribution in [1.82, 2.24) is 9.80 Å². The smallest absolute Gasteiger partial charge is 0.253 e. The quantitative estimate of drug-likeness (QED) is 0.611. The molecule has 0 aliphatic carbocycles. The highest BCUT2D eigenvalue weighted by Crippen LogP contribution is 2.44. The van der Waals surface area contributed by atoms with E-state index in [4.69, 9.17) is 25.8 Å². The van der Waals surface area contributed by atoms with Gasteiger partial charge < -0.3 is 24.0 Å². The third kappa shape index (κ3) is 4.80. The van der Waals surface area contributed by atoms with Crippen LogP contribution in [-0.2, 0) is 4.79 Å². The predicted molar refractivity (Wildman–Crippen MR) is 130 cm³/mol. The topological polar surface area (TPSA) is 68.3 Å². The van der Waals surface area contributed by atoms with Crippen LogP contribution in [0.3, 0.4) is 0 Å². The van der Waals surface area contributed by atoms with Crippen molar-refractivity contribution in [3.63, 3.8) is 0 Å². The Bertz CT molecular complexity index is 1010. The van der Waals surface area contributed by atoms with Gasteiger partial charge in [0.1, 0.15) is 0 Å². The summed E-state index contributed by atoms with van der Waals surface area (Å²) < 4.78 is 16.6. The van der Waals surface area contributed by atoms with E-state index in [2.05, 4.69) is 0 Å². The van der Waals surface area contributed by atoms with Crippen molar-refractivity contribution in [3.8, 4) is 17.2 Å². The van der Waals surface area contributed by atoms with Crippen molar-refractivity contribution in [3.05, 3.63) is 52.5 Å². The van der Waals surface area contributed by atoms with E-state index >= 15 is 0 Å². The number of amides is 2.